The summed E-state index contributed by atoms with van der Waals surface area (Å²) in [6.07, 6.45) is 0. The summed E-state index contributed by atoms with van der Waals surface area (Å²) in [7, 11) is 0. The Morgan fingerprint density at radius 1 is 1.00 bits per heavy atom. The zero-order valence-corrected chi connectivity index (χ0v) is 19.2. The van der Waals surface area contributed by atoms with E-state index < -0.39 is 5.82 Å². The largest absolute Gasteiger partial charge is 0.490 e. The fraction of sp³-hybridized carbons (Fsp3) is 0.208. The van der Waals surface area contributed by atoms with Crippen LogP contribution in [0.1, 0.15) is 18.1 Å². The highest BCUT2D eigenvalue weighted by Crippen LogP contribution is 2.37. The molecule has 0 bridgehead atoms. The zero-order chi connectivity index (χ0) is 23.1. The van der Waals surface area contributed by atoms with Crippen LogP contribution in [0.25, 0.3) is 0 Å². The van der Waals surface area contributed by atoms with Crippen molar-refractivity contribution >= 4 is 40.5 Å². The van der Waals surface area contributed by atoms with Crippen LogP contribution in [-0.4, -0.2) is 19.1 Å². The number of anilines is 2. The van der Waals surface area contributed by atoms with E-state index in [0.29, 0.717) is 41.0 Å². The van der Waals surface area contributed by atoms with E-state index in [-0.39, 0.29) is 17.5 Å². The Hall–Kier alpha value is -2.96. The van der Waals surface area contributed by atoms with Gasteiger partial charge in [-0.1, -0.05) is 35.3 Å². The lowest BCUT2D eigenvalue weighted by Gasteiger charge is -2.16. The molecule has 3 aromatic carbocycles. The first-order valence-electron chi connectivity index (χ1n) is 9.99. The molecule has 0 spiro atoms. The molecule has 8 heteroatoms. The number of hydrogen-bond donors (Lipinski definition) is 2. The topological polar surface area (TPSA) is 59.6 Å². The van der Waals surface area contributed by atoms with E-state index in [2.05, 4.69) is 10.6 Å². The summed E-state index contributed by atoms with van der Waals surface area (Å²) in [5.74, 6) is -0.0707. The third kappa shape index (κ3) is 6.52. The molecule has 0 heterocycles. The lowest BCUT2D eigenvalue weighted by molar-refractivity contribution is -0.118. The fourth-order valence-corrected chi connectivity index (χ4v) is 3.46. The molecule has 0 aromatic heterocycles. The molecule has 2 N–H and O–H groups in total. The Morgan fingerprint density at radius 3 is 2.53 bits per heavy atom. The maximum Gasteiger partial charge on any atom is 0.262 e. The first-order chi connectivity index (χ1) is 15.4. The number of rotatable bonds is 9. The van der Waals surface area contributed by atoms with Crippen molar-refractivity contribution in [3.63, 3.8) is 0 Å². The first kappa shape index (κ1) is 23.7. The highest BCUT2D eigenvalue weighted by molar-refractivity contribution is 6.32. The van der Waals surface area contributed by atoms with Gasteiger partial charge in [0.2, 0.25) is 0 Å². The SMILES string of the molecule is CCOc1cc(CNc2ccc(F)c(Cl)c2)cc(Cl)c1OCC(=O)Nc1cccc(C)c1. The van der Waals surface area contributed by atoms with Crippen molar-refractivity contribution in [2.75, 3.05) is 23.8 Å². The molecule has 5 nitrogen and oxygen atoms in total. The van der Waals surface area contributed by atoms with Gasteiger partial charge in [0.05, 0.1) is 16.7 Å². The van der Waals surface area contributed by atoms with Crippen LogP contribution in [0, 0.1) is 12.7 Å². The van der Waals surface area contributed by atoms with E-state index in [1.54, 1.807) is 24.3 Å². The molecule has 0 fully saturated rings. The minimum absolute atomic E-state index is 0.0377. The molecule has 3 aromatic rings. The van der Waals surface area contributed by atoms with Crippen molar-refractivity contribution in [1.82, 2.24) is 0 Å². The maximum atomic E-state index is 13.3. The van der Waals surface area contributed by atoms with Crippen LogP contribution in [0.4, 0.5) is 15.8 Å². The van der Waals surface area contributed by atoms with E-state index >= 15 is 0 Å². The van der Waals surface area contributed by atoms with Crippen LogP contribution < -0.4 is 20.1 Å². The predicted octanol–water partition coefficient (Wildman–Crippen LogP) is 6.47. The minimum atomic E-state index is -0.480. The molecule has 3 rings (SSSR count). The Balaban J connectivity index is 1.67. The van der Waals surface area contributed by atoms with Gasteiger partial charge < -0.3 is 20.1 Å². The summed E-state index contributed by atoms with van der Waals surface area (Å²) >= 11 is 12.2. The van der Waals surface area contributed by atoms with Crippen LogP contribution >= 0.6 is 23.2 Å². The third-order valence-corrected chi connectivity index (χ3v) is 5.01. The number of aryl methyl sites for hydroxylation is 1. The summed E-state index contributed by atoms with van der Waals surface area (Å²) < 4.78 is 24.7. The van der Waals surface area contributed by atoms with Crippen molar-refractivity contribution in [3.05, 3.63) is 81.6 Å². The molecule has 0 aliphatic carbocycles. The third-order valence-electron chi connectivity index (χ3n) is 4.43. The summed E-state index contributed by atoms with van der Waals surface area (Å²) in [5.41, 5.74) is 3.21. The second kappa shape index (κ2) is 11.1. The fourth-order valence-electron chi connectivity index (χ4n) is 2.99. The Morgan fingerprint density at radius 2 is 1.81 bits per heavy atom. The second-order valence-electron chi connectivity index (χ2n) is 7.03. The highest BCUT2D eigenvalue weighted by atomic mass is 35.5. The van der Waals surface area contributed by atoms with Gasteiger partial charge >= 0.3 is 0 Å². The number of benzene rings is 3. The highest BCUT2D eigenvalue weighted by Gasteiger charge is 2.15. The number of carbonyl (C=O) groups excluding carboxylic acids is 1. The molecule has 0 aliphatic rings. The van der Waals surface area contributed by atoms with Gasteiger partial charge in [-0.05, 0) is 67.4 Å². The lowest BCUT2D eigenvalue weighted by atomic mass is 10.2. The summed E-state index contributed by atoms with van der Waals surface area (Å²) in [6, 6.07) is 15.4. The zero-order valence-electron chi connectivity index (χ0n) is 17.7. The number of amides is 1. The van der Waals surface area contributed by atoms with E-state index in [0.717, 1.165) is 11.1 Å². The molecule has 0 aliphatic heterocycles. The average Bonchev–Trinajstić information content (AvgIpc) is 2.74. The van der Waals surface area contributed by atoms with Crippen molar-refractivity contribution in [3.8, 4) is 11.5 Å². The molecule has 0 radical (unpaired) electrons. The monoisotopic (exact) mass is 476 g/mol. The Kier molecular flexibility index (Phi) is 8.20. The van der Waals surface area contributed by atoms with Crippen LogP contribution in [0.15, 0.2) is 54.6 Å². The molecule has 0 saturated heterocycles. The number of ether oxygens (including phenoxy) is 2. The number of halogens is 3. The molecular weight excluding hydrogens is 454 g/mol. The van der Waals surface area contributed by atoms with E-state index in [9.17, 15) is 9.18 Å². The minimum Gasteiger partial charge on any atom is -0.490 e. The van der Waals surface area contributed by atoms with Crippen molar-refractivity contribution in [2.24, 2.45) is 0 Å². The molecule has 1 amide bonds. The van der Waals surface area contributed by atoms with Crippen LogP contribution in [-0.2, 0) is 11.3 Å². The number of carbonyl (C=O) groups is 1. The summed E-state index contributed by atoms with van der Waals surface area (Å²) in [5, 5.41) is 6.29. The van der Waals surface area contributed by atoms with Crippen molar-refractivity contribution in [2.45, 2.75) is 20.4 Å². The van der Waals surface area contributed by atoms with Gasteiger partial charge in [0.15, 0.2) is 18.1 Å². The van der Waals surface area contributed by atoms with E-state index in [4.69, 9.17) is 32.7 Å². The average molecular weight is 477 g/mol. The summed E-state index contributed by atoms with van der Waals surface area (Å²) in [6.45, 7) is 4.36. The standard InChI is InChI=1S/C24H23Cl2FN2O3/c1-3-31-22-11-16(13-28-17-7-8-21(27)19(25)12-17)10-20(26)24(22)32-14-23(30)29-18-6-4-5-15(2)9-18/h4-12,28H,3,13-14H2,1-2H3,(H,29,30). The van der Waals surface area contributed by atoms with Gasteiger partial charge in [-0.15, -0.1) is 0 Å². The van der Waals surface area contributed by atoms with E-state index in [1.165, 1.54) is 12.1 Å². The summed E-state index contributed by atoms with van der Waals surface area (Å²) in [4.78, 5) is 12.3. The van der Waals surface area contributed by atoms with Crippen molar-refractivity contribution in [1.29, 1.82) is 0 Å². The van der Waals surface area contributed by atoms with Gasteiger partial charge in [0.25, 0.3) is 5.91 Å². The van der Waals surface area contributed by atoms with Gasteiger partial charge in [0.1, 0.15) is 5.82 Å². The number of hydrogen-bond acceptors (Lipinski definition) is 4. The molecule has 0 saturated carbocycles. The second-order valence-corrected chi connectivity index (χ2v) is 7.84. The van der Waals surface area contributed by atoms with Crippen LogP contribution in [0.2, 0.25) is 10.0 Å². The molecule has 0 atom stereocenters. The molecule has 168 valence electrons. The Labute approximate surface area is 196 Å². The van der Waals surface area contributed by atoms with E-state index in [1.807, 2.05) is 32.0 Å². The molecular formula is C24H23Cl2FN2O3. The molecule has 0 unspecified atom stereocenters. The lowest BCUT2D eigenvalue weighted by Crippen LogP contribution is -2.20. The van der Waals surface area contributed by atoms with Gasteiger partial charge in [-0.2, -0.15) is 0 Å². The Bertz CT molecular complexity index is 1110. The smallest absolute Gasteiger partial charge is 0.262 e. The van der Waals surface area contributed by atoms with Gasteiger partial charge in [0, 0.05) is 17.9 Å². The molecule has 32 heavy (non-hydrogen) atoms. The van der Waals surface area contributed by atoms with Crippen LogP contribution in [0.3, 0.4) is 0 Å². The predicted molar refractivity (Wildman–Crippen MR) is 127 cm³/mol. The number of nitrogens with one attached hydrogen (secondary N) is 2. The van der Waals surface area contributed by atoms with Gasteiger partial charge in [-0.3, -0.25) is 4.79 Å². The quantitative estimate of drug-likeness (QED) is 0.371. The maximum absolute atomic E-state index is 13.3. The normalized spacial score (nSPS) is 10.5. The van der Waals surface area contributed by atoms with Crippen LogP contribution in [0.5, 0.6) is 11.5 Å². The van der Waals surface area contributed by atoms with Gasteiger partial charge in [-0.25, -0.2) is 4.39 Å². The van der Waals surface area contributed by atoms with Crippen molar-refractivity contribution < 1.29 is 18.7 Å². The first-order valence-corrected chi connectivity index (χ1v) is 10.7.